The molecule has 0 aliphatic carbocycles. The summed E-state index contributed by atoms with van der Waals surface area (Å²) in [6, 6.07) is 23.2. The maximum Gasteiger partial charge on any atom is 0.416 e. The predicted molar refractivity (Wildman–Crippen MR) is 153 cm³/mol. The lowest BCUT2D eigenvalue weighted by Gasteiger charge is -2.16. The number of alkyl halides is 3. The minimum absolute atomic E-state index is 0.131. The molecule has 0 saturated carbocycles. The molecular formula is C32H22F3N3O3S. The standard InChI is InChI=1S/C32H22F3N3O3S/c1-18(20-6-8-22(9-7-20)31(40)41)38-30(39)26-14-23(21-4-2-19(16-36)3-5-21)15-27-29(26)28(17-37-27)42-25-12-10-24(11-13-25)32(33,34)35/h2-15,17-18,37H,1H3,(H,38,39)(H,40,41)/t18-/m0/s1. The summed E-state index contributed by atoms with van der Waals surface area (Å²) in [5.41, 5.74) is 3.09. The van der Waals surface area contributed by atoms with Gasteiger partial charge in [0, 0.05) is 26.9 Å². The van der Waals surface area contributed by atoms with Crippen LogP contribution in [0.15, 0.2) is 101 Å². The molecule has 0 unspecified atom stereocenters. The highest BCUT2D eigenvalue weighted by Crippen LogP contribution is 2.39. The monoisotopic (exact) mass is 585 g/mol. The van der Waals surface area contributed by atoms with E-state index in [-0.39, 0.29) is 11.5 Å². The molecule has 1 atom stereocenters. The van der Waals surface area contributed by atoms with Crippen LogP contribution < -0.4 is 5.32 Å². The molecule has 10 heteroatoms. The molecule has 42 heavy (non-hydrogen) atoms. The van der Waals surface area contributed by atoms with E-state index in [9.17, 15) is 27.9 Å². The number of nitrogens with one attached hydrogen (secondary N) is 2. The molecule has 3 N–H and O–H groups in total. The number of carboxylic acid groups (broad SMARTS) is 1. The van der Waals surface area contributed by atoms with E-state index in [2.05, 4.69) is 16.4 Å². The van der Waals surface area contributed by atoms with E-state index in [0.29, 0.717) is 37.4 Å². The zero-order valence-corrected chi connectivity index (χ0v) is 22.8. The molecule has 0 fully saturated rings. The normalized spacial score (nSPS) is 12.1. The lowest BCUT2D eigenvalue weighted by atomic mass is 9.98. The number of aromatic amines is 1. The third-order valence-corrected chi connectivity index (χ3v) is 7.80. The third-order valence-electron chi connectivity index (χ3n) is 6.75. The average Bonchev–Trinajstić information content (AvgIpc) is 3.39. The molecule has 0 saturated heterocycles. The zero-order valence-electron chi connectivity index (χ0n) is 22.0. The quantitative estimate of drug-likeness (QED) is 0.179. The number of carboxylic acids is 1. The maximum absolute atomic E-state index is 13.8. The molecular weight excluding hydrogens is 563 g/mol. The molecule has 1 aromatic heterocycles. The molecule has 0 radical (unpaired) electrons. The number of rotatable bonds is 7. The Morgan fingerprint density at radius 1 is 0.952 bits per heavy atom. The van der Waals surface area contributed by atoms with Crippen LogP contribution in [0, 0.1) is 11.3 Å². The number of hydrogen-bond acceptors (Lipinski definition) is 4. The molecule has 5 rings (SSSR count). The van der Waals surface area contributed by atoms with Crippen molar-refractivity contribution in [1.29, 1.82) is 5.26 Å². The summed E-state index contributed by atoms with van der Waals surface area (Å²) in [7, 11) is 0. The molecule has 1 heterocycles. The van der Waals surface area contributed by atoms with E-state index in [4.69, 9.17) is 5.26 Å². The second-order valence-electron chi connectivity index (χ2n) is 9.53. The SMILES string of the molecule is C[C@H](NC(=O)c1cc(-c2ccc(C#N)cc2)cc2[nH]cc(Sc3ccc(C(F)(F)F)cc3)c12)c1ccc(C(=O)O)cc1. The summed E-state index contributed by atoms with van der Waals surface area (Å²) in [5, 5.41) is 21.9. The Bertz CT molecular complexity index is 1820. The molecule has 0 aliphatic rings. The summed E-state index contributed by atoms with van der Waals surface area (Å²) in [5.74, 6) is -1.44. The van der Waals surface area contributed by atoms with E-state index in [1.54, 1.807) is 55.6 Å². The van der Waals surface area contributed by atoms with Crippen LogP contribution in [0.25, 0.3) is 22.0 Å². The van der Waals surface area contributed by atoms with Gasteiger partial charge in [-0.05, 0) is 84.3 Å². The number of aromatic carboxylic acids is 1. The first-order valence-corrected chi connectivity index (χ1v) is 13.5. The molecule has 0 bridgehead atoms. The van der Waals surface area contributed by atoms with Crippen LogP contribution in [0.2, 0.25) is 0 Å². The van der Waals surface area contributed by atoms with E-state index in [0.717, 1.165) is 23.3 Å². The van der Waals surface area contributed by atoms with Gasteiger partial charge in [-0.1, -0.05) is 36.0 Å². The van der Waals surface area contributed by atoms with Gasteiger partial charge in [0.1, 0.15) is 0 Å². The van der Waals surface area contributed by atoms with Gasteiger partial charge in [-0.25, -0.2) is 4.79 Å². The molecule has 0 aliphatic heterocycles. The number of carbonyl (C=O) groups is 2. The Labute approximate surface area is 242 Å². The van der Waals surface area contributed by atoms with Crippen molar-refractivity contribution in [2.45, 2.75) is 28.9 Å². The summed E-state index contributed by atoms with van der Waals surface area (Å²) >= 11 is 1.23. The van der Waals surface area contributed by atoms with E-state index >= 15 is 0 Å². The average molecular weight is 586 g/mol. The first-order valence-electron chi connectivity index (χ1n) is 12.7. The molecule has 0 spiro atoms. The van der Waals surface area contributed by atoms with Crippen molar-refractivity contribution in [3.8, 4) is 17.2 Å². The van der Waals surface area contributed by atoms with Crippen molar-refractivity contribution in [2.24, 2.45) is 0 Å². The Morgan fingerprint density at radius 3 is 2.21 bits per heavy atom. The van der Waals surface area contributed by atoms with Crippen LogP contribution in [-0.4, -0.2) is 22.0 Å². The van der Waals surface area contributed by atoms with Crippen LogP contribution >= 0.6 is 11.8 Å². The number of aromatic nitrogens is 1. The summed E-state index contributed by atoms with van der Waals surface area (Å²) in [6.45, 7) is 1.78. The van der Waals surface area contributed by atoms with Gasteiger partial charge in [0.25, 0.3) is 5.91 Å². The Balaban J connectivity index is 1.53. The number of benzene rings is 4. The summed E-state index contributed by atoms with van der Waals surface area (Å²) < 4.78 is 39.2. The fourth-order valence-corrected chi connectivity index (χ4v) is 5.48. The third kappa shape index (κ3) is 6.01. The van der Waals surface area contributed by atoms with Crippen molar-refractivity contribution in [2.75, 3.05) is 0 Å². The minimum Gasteiger partial charge on any atom is -0.478 e. The number of hydrogen-bond donors (Lipinski definition) is 3. The van der Waals surface area contributed by atoms with Gasteiger partial charge >= 0.3 is 12.1 Å². The maximum atomic E-state index is 13.8. The van der Waals surface area contributed by atoms with Gasteiger partial charge in [-0.15, -0.1) is 0 Å². The smallest absolute Gasteiger partial charge is 0.416 e. The highest BCUT2D eigenvalue weighted by molar-refractivity contribution is 7.99. The van der Waals surface area contributed by atoms with Crippen molar-refractivity contribution in [3.05, 3.63) is 119 Å². The second kappa shape index (κ2) is 11.5. The number of carbonyl (C=O) groups excluding carboxylic acids is 1. The Hall–Kier alpha value is -5.01. The summed E-state index contributed by atoms with van der Waals surface area (Å²) in [4.78, 5) is 29.4. The number of H-pyrrole nitrogens is 1. The first kappa shape index (κ1) is 28.5. The molecule has 210 valence electrons. The van der Waals surface area contributed by atoms with E-state index in [1.807, 2.05) is 6.07 Å². The highest BCUT2D eigenvalue weighted by atomic mass is 32.2. The number of nitrogens with zero attached hydrogens (tertiary/aromatic N) is 1. The van der Waals surface area contributed by atoms with Gasteiger partial charge < -0.3 is 15.4 Å². The van der Waals surface area contributed by atoms with Gasteiger partial charge in [0.15, 0.2) is 0 Å². The zero-order chi connectivity index (χ0) is 30.0. The van der Waals surface area contributed by atoms with Crippen LogP contribution in [0.1, 0.15) is 50.4 Å². The predicted octanol–water partition coefficient (Wildman–Crippen LogP) is 8.07. The largest absolute Gasteiger partial charge is 0.478 e. The van der Waals surface area contributed by atoms with E-state index < -0.39 is 23.8 Å². The fraction of sp³-hybridized carbons (Fsp3) is 0.0938. The van der Waals surface area contributed by atoms with Crippen LogP contribution in [0.4, 0.5) is 13.2 Å². The van der Waals surface area contributed by atoms with Gasteiger partial charge in [-0.3, -0.25) is 4.79 Å². The number of fused-ring (bicyclic) bond motifs is 1. The van der Waals surface area contributed by atoms with Crippen molar-refractivity contribution < 1.29 is 27.9 Å². The Morgan fingerprint density at radius 2 is 1.62 bits per heavy atom. The first-order chi connectivity index (χ1) is 20.0. The highest BCUT2D eigenvalue weighted by Gasteiger charge is 2.30. The van der Waals surface area contributed by atoms with Crippen molar-refractivity contribution in [3.63, 3.8) is 0 Å². The fourth-order valence-electron chi connectivity index (χ4n) is 4.51. The van der Waals surface area contributed by atoms with Gasteiger partial charge in [-0.2, -0.15) is 18.4 Å². The van der Waals surface area contributed by atoms with Crippen LogP contribution in [0.5, 0.6) is 0 Å². The summed E-state index contributed by atoms with van der Waals surface area (Å²) in [6.07, 6.45) is -2.73. The van der Waals surface area contributed by atoms with Crippen LogP contribution in [0.3, 0.4) is 0 Å². The molecule has 6 nitrogen and oxygen atoms in total. The topological polar surface area (TPSA) is 106 Å². The molecule has 1 amide bonds. The van der Waals surface area contributed by atoms with Crippen molar-refractivity contribution >= 4 is 34.5 Å². The minimum atomic E-state index is -4.44. The molecule has 5 aromatic rings. The second-order valence-corrected chi connectivity index (χ2v) is 10.7. The molecule has 4 aromatic carbocycles. The van der Waals surface area contributed by atoms with Gasteiger partial charge in [0.2, 0.25) is 0 Å². The lowest BCUT2D eigenvalue weighted by Crippen LogP contribution is -2.27. The number of halogens is 3. The lowest BCUT2D eigenvalue weighted by molar-refractivity contribution is -0.137. The number of nitriles is 1. The van der Waals surface area contributed by atoms with Crippen molar-refractivity contribution in [1.82, 2.24) is 10.3 Å². The van der Waals surface area contributed by atoms with Crippen LogP contribution in [-0.2, 0) is 6.18 Å². The van der Waals surface area contributed by atoms with E-state index in [1.165, 1.54) is 36.0 Å². The Kier molecular flexibility index (Phi) is 7.79. The van der Waals surface area contributed by atoms with Gasteiger partial charge in [0.05, 0.1) is 34.4 Å². The number of amides is 1.